The van der Waals surface area contributed by atoms with Gasteiger partial charge in [0, 0.05) is 5.71 Å². The smallest absolute Gasteiger partial charge is 0.223 e. The zero-order valence-electron chi connectivity index (χ0n) is 11.3. The molecule has 0 atom stereocenters. The third-order valence-corrected chi connectivity index (χ3v) is 2.95. The average molecular weight is 283 g/mol. The summed E-state index contributed by atoms with van der Waals surface area (Å²) in [6.07, 6.45) is 0. The molecule has 0 bridgehead atoms. The summed E-state index contributed by atoms with van der Waals surface area (Å²) in [6, 6.07) is 19.5. The van der Waals surface area contributed by atoms with Crippen molar-refractivity contribution in [3.05, 3.63) is 78.4 Å². The Morgan fingerprint density at radius 2 is 1.35 bits per heavy atom. The normalized spacial score (nSPS) is 12.3. The maximum atomic E-state index is 6.07. The van der Waals surface area contributed by atoms with Crippen LogP contribution in [0.4, 0.5) is 0 Å². The summed E-state index contributed by atoms with van der Waals surface area (Å²) in [5.41, 5.74) is 3.37. The summed E-state index contributed by atoms with van der Waals surface area (Å²) in [5, 5.41) is 0.181. The van der Waals surface area contributed by atoms with Crippen molar-refractivity contribution in [3.63, 3.8) is 0 Å². The Balaban J connectivity index is 2.17. The SMILES string of the molecule is C=C(/N=C(Cl)\N=C(/C)c1ccccc1)c1ccccc1. The lowest BCUT2D eigenvalue weighted by atomic mass is 10.1. The van der Waals surface area contributed by atoms with Crippen molar-refractivity contribution >= 4 is 28.3 Å². The first-order valence-electron chi connectivity index (χ1n) is 6.26. The van der Waals surface area contributed by atoms with Gasteiger partial charge in [-0.25, -0.2) is 9.98 Å². The number of benzene rings is 2. The number of rotatable bonds is 3. The topological polar surface area (TPSA) is 24.7 Å². The first-order valence-corrected chi connectivity index (χ1v) is 6.64. The second-order valence-corrected chi connectivity index (χ2v) is 4.59. The van der Waals surface area contributed by atoms with Crippen LogP contribution >= 0.6 is 11.6 Å². The van der Waals surface area contributed by atoms with Gasteiger partial charge in [-0.3, -0.25) is 0 Å². The summed E-state index contributed by atoms with van der Waals surface area (Å²) in [7, 11) is 0. The minimum absolute atomic E-state index is 0.181. The van der Waals surface area contributed by atoms with Crippen LogP contribution in [0.25, 0.3) is 5.70 Å². The molecule has 20 heavy (non-hydrogen) atoms. The highest BCUT2D eigenvalue weighted by atomic mass is 35.5. The van der Waals surface area contributed by atoms with Gasteiger partial charge in [-0.2, -0.15) is 0 Å². The van der Waals surface area contributed by atoms with Crippen molar-refractivity contribution in [1.82, 2.24) is 0 Å². The van der Waals surface area contributed by atoms with E-state index in [1.54, 1.807) is 0 Å². The van der Waals surface area contributed by atoms with Gasteiger partial charge in [0.15, 0.2) is 0 Å². The van der Waals surface area contributed by atoms with Gasteiger partial charge in [0.25, 0.3) is 0 Å². The van der Waals surface area contributed by atoms with Crippen LogP contribution in [-0.2, 0) is 0 Å². The zero-order chi connectivity index (χ0) is 14.4. The molecule has 100 valence electrons. The van der Waals surface area contributed by atoms with Gasteiger partial charge in [0.05, 0.1) is 5.70 Å². The lowest BCUT2D eigenvalue weighted by Crippen LogP contribution is -1.97. The highest BCUT2D eigenvalue weighted by molar-refractivity contribution is 6.66. The Morgan fingerprint density at radius 3 is 1.90 bits per heavy atom. The molecule has 0 aromatic heterocycles. The predicted octanol–water partition coefficient (Wildman–Crippen LogP) is 4.76. The molecule has 2 nitrogen and oxygen atoms in total. The molecular weight excluding hydrogens is 268 g/mol. The fraction of sp³-hybridized carbons (Fsp3) is 0.0588. The van der Waals surface area contributed by atoms with Crippen LogP contribution in [0, 0.1) is 0 Å². The van der Waals surface area contributed by atoms with Crippen molar-refractivity contribution in [1.29, 1.82) is 0 Å². The van der Waals surface area contributed by atoms with Crippen molar-refractivity contribution in [2.75, 3.05) is 0 Å². The van der Waals surface area contributed by atoms with Crippen LogP contribution in [0.2, 0.25) is 0 Å². The maximum Gasteiger partial charge on any atom is 0.223 e. The van der Waals surface area contributed by atoms with E-state index in [4.69, 9.17) is 11.6 Å². The van der Waals surface area contributed by atoms with E-state index in [0.29, 0.717) is 5.70 Å². The monoisotopic (exact) mass is 282 g/mol. The van der Waals surface area contributed by atoms with E-state index in [1.807, 2.05) is 67.6 Å². The van der Waals surface area contributed by atoms with Crippen molar-refractivity contribution < 1.29 is 0 Å². The second-order valence-electron chi connectivity index (χ2n) is 4.26. The van der Waals surface area contributed by atoms with Gasteiger partial charge in [-0.1, -0.05) is 67.2 Å². The van der Waals surface area contributed by atoms with E-state index in [2.05, 4.69) is 16.6 Å². The molecular formula is C17H15ClN2. The van der Waals surface area contributed by atoms with Crippen LogP contribution < -0.4 is 0 Å². The van der Waals surface area contributed by atoms with E-state index in [1.165, 1.54) is 0 Å². The molecule has 0 radical (unpaired) electrons. The van der Waals surface area contributed by atoms with Gasteiger partial charge in [-0.05, 0) is 29.7 Å². The summed E-state index contributed by atoms with van der Waals surface area (Å²) in [6.45, 7) is 5.81. The fourth-order valence-corrected chi connectivity index (χ4v) is 1.94. The van der Waals surface area contributed by atoms with Gasteiger partial charge in [0.1, 0.15) is 0 Å². The highest BCUT2D eigenvalue weighted by Crippen LogP contribution is 2.14. The fourth-order valence-electron chi connectivity index (χ4n) is 1.71. The van der Waals surface area contributed by atoms with Crippen LogP contribution in [0.1, 0.15) is 18.1 Å². The molecule has 0 aliphatic carbocycles. The minimum Gasteiger partial charge on any atom is -0.223 e. The number of aliphatic imine (C=N–C) groups is 2. The predicted molar refractivity (Wildman–Crippen MR) is 87.4 cm³/mol. The molecule has 2 rings (SSSR count). The Morgan fingerprint density at radius 1 is 0.850 bits per heavy atom. The molecule has 0 amide bonds. The molecule has 0 unspecified atom stereocenters. The lowest BCUT2D eigenvalue weighted by molar-refractivity contribution is 1.49. The van der Waals surface area contributed by atoms with E-state index >= 15 is 0 Å². The van der Waals surface area contributed by atoms with Crippen LogP contribution in [0.3, 0.4) is 0 Å². The lowest BCUT2D eigenvalue weighted by Gasteiger charge is -2.01. The van der Waals surface area contributed by atoms with Gasteiger partial charge in [-0.15, -0.1) is 0 Å². The minimum atomic E-state index is 0.181. The number of hydrogen-bond donors (Lipinski definition) is 0. The largest absolute Gasteiger partial charge is 0.223 e. The highest BCUT2D eigenvalue weighted by Gasteiger charge is 2.00. The molecule has 0 N–H and O–H groups in total. The summed E-state index contributed by atoms with van der Waals surface area (Å²) < 4.78 is 0. The van der Waals surface area contributed by atoms with Crippen molar-refractivity contribution in [3.8, 4) is 0 Å². The molecule has 0 heterocycles. The third-order valence-electron chi connectivity index (χ3n) is 2.79. The van der Waals surface area contributed by atoms with Gasteiger partial charge < -0.3 is 0 Å². The van der Waals surface area contributed by atoms with Crippen LogP contribution in [-0.4, -0.2) is 11.0 Å². The van der Waals surface area contributed by atoms with Gasteiger partial charge >= 0.3 is 0 Å². The van der Waals surface area contributed by atoms with Crippen molar-refractivity contribution in [2.45, 2.75) is 6.92 Å². The van der Waals surface area contributed by atoms with Gasteiger partial charge in [0.2, 0.25) is 5.29 Å². The molecule has 0 saturated heterocycles. The molecule has 0 fully saturated rings. The molecule has 2 aromatic rings. The molecule has 0 spiro atoms. The Bertz CT molecular complexity index is 643. The number of nitrogens with zero attached hydrogens (tertiary/aromatic N) is 2. The molecule has 0 saturated carbocycles. The quantitative estimate of drug-likeness (QED) is 0.440. The van der Waals surface area contributed by atoms with Crippen LogP contribution in [0.5, 0.6) is 0 Å². The summed E-state index contributed by atoms with van der Waals surface area (Å²) in [4.78, 5) is 8.50. The van der Waals surface area contributed by atoms with Crippen LogP contribution in [0.15, 0.2) is 77.2 Å². The molecule has 0 aliphatic heterocycles. The molecule has 2 aromatic carbocycles. The second kappa shape index (κ2) is 6.83. The molecule has 0 aliphatic rings. The maximum absolute atomic E-state index is 6.07. The van der Waals surface area contributed by atoms with E-state index in [-0.39, 0.29) is 5.29 Å². The molecule has 3 heteroatoms. The Kier molecular flexibility index (Phi) is 4.85. The average Bonchev–Trinajstić information content (AvgIpc) is 2.49. The number of hydrogen-bond acceptors (Lipinski definition) is 1. The van der Waals surface area contributed by atoms with E-state index in [0.717, 1.165) is 16.8 Å². The first kappa shape index (κ1) is 14.2. The Labute approximate surface area is 124 Å². The standard InChI is InChI=1S/C17H15ClN2/c1-13(15-9-5-3-6-10-15)19-17(18)20-14(2)16-11-7-4-8-12-16/h3-12H,1H2,2H3/b19-17-,20-14+. The first-order chi connectivity index (χ1) is 9.66. The third kappa shape index (κ3) is 3.90. The number of amidine groups is 1. The van der Waals surface area contributed by atoms with Crippen molar-refractivity contribution in [2.24, 2.45) is 9.98 Å². The number of halogens is 1. The zero-order valence-corrected chi connectivity index (χ0v) is 12.0. The van der Waals surface area contributed by atoms with E-state index in [9.17, 15) is 0 Å². The summed E-state index contributed by atoms with van der Waals surface area (Å²) in [5.74, 6) is 0. The Hall–Kier alpha value is -2.19. The van der Waals surface area contributed by atoms with E-state index < -0.39 is 0 Å². The summed E-state index contributed by atoms with van der Waals surface area (Å²) >= 11 is 6.07.